The van der Waals surface area contributed by atoms with E-state index in [1.807, 2.05) is 17.8 Å². The average Bonchev–Trinajstić information content (AvgIpc) is 3.50. The minimum Gasteiger partial charge on any atom is -0.462 e. The molecule has 0 aromatic carbocycles. The summed E-state index contributed by atoms with van der Waals surface area (Å²) >= 11 is 1.94. The minimum atomic E-state index is -0.0376. The van der Waals surface area contributed by atoms with E-state index in [-0.39, 0.29) is 41.0 Å². The maximum absolute atomic E-state index is 12.9. The van der Waals surface area contributed by atoms with Crippen LogP contribution in [-0.2, 0) is 14.3 Å². The minimum absolute atomic E-state index is 0.0246. The van der Waals surface area contributed by atoms with Gasteiger partial charge in [0.15, 0.2) is 5.78 Å². The number of carbonyl (C=O) groups excluding carboxylic acids is 3. The van der Waals surface area contributed by atoms with Gasteiger partial charge in [0, 0.05) is 29.3 Å². The van der Waals surface area contributed by atoms with Gasteiger partial charge < -0.3 is 15.4 Å². The molecule has 2 amide bonds. The first-order valence-electron chi connectivity index (χ1n) is 14.4. The summed E-state index contributed by atoms with van der Waals surface area (Å²) in [7, 11) is 0. The third kappa shape index (κ3) is 4.12. The maximum atomic E-state index is 12.9. The van der Waals surface area contributed by atoms with Gasteiger partial charge in [-0.1, -0.05) is 25.8 Å². The smallest absolute Gasteiger partial charge is 0.315 e. The van der Waals surface area contributed by atoms with Crippen molar-refractivity contribution in [3.63, 3.8) is 0 Å². The fourth-order valence-corrected chi connectivity index (χ4v) is 10.7. The van der Waals surface area contributed by atoms with Crippen molar-refractivity contribution in [3.05, 3.63) is 11.6 Å². The number of hydrogen-bond donors (Lipinski definition) is 2. The predicted molar refractivity (Wildman–Crippen MR) is 141 cm³/mol. The Bertz CT molecular complexity index is 967. The molecule has 0 aromatic rings. The van der Waals surface area contributed by atoms with Crippen LogP contribution in [0.2, 0.25) is 0 Å². The summed E-state index contributed by atoms with van der Waals surface area (Å²) in [5.41, 5.74) is 1.71. The monoisotopic (exact) mass is 514 g/mol. The number of amides is 2. The van der Waals surface area contributed by atoms with E-state index in [0.717, 1.165) is 50.7 Å². The molecule has 2 N–H and O–H groups in total. The second kappa shape index (κ2) is 9.36. The van der Waals surface area contributed by atoms with E-state index in [9.17, 15) is 14.4 Å². The van der Waals surface area contributed by atoms with Gasteiger partial charge in [0.1, 0.15) is 6.10 Å². The average molecular weight is 515 g/mol. The zero-order valence-corrected chi connectivity index (χ0v) is 22.7. The van der Waals surface area contributed by atoms with Crippen LogP contribution >= 0.6 is 11.8 Å². The molecule has 7 heteroatoms. The van der Waals surface area contributed by atoms with Crippen LogP contribution in [0, 0.1) is 28.6 Å². The first-order valence-corrected chi connectivity index (χ1v) is 15.4. The van der Waals surface area contributed by atoms with Gasteiger partial charge in [0.05, 0.1) is 12.1 Å². The lowest BCUT2D eigenvalue weighted by atomic mass is 9.47. The highest BCUT2D eigenvalue weighted by molar-refractivity contribution is 8.00. The predicted octanol–water partition coefficient (Wildman–Crippen LogP) is 5.16. The molecule has 2 heterocycles. The molecule has 0 spiro atoms. The van der Waals surface area contributed by atoms with Crippen LogP contribution in [-0.4, -0.2) is 47.0 Å². The lowest BCUT2D eigenvalue weighted by molar-refractivity contribution is -0.160. The van der Waals surface area contributed by atoms with Crippen molar-refractivity contribution in [1.29, 1.82) is 0 Å². The number of unbranched alkanes of at least 4 members (excludes halogenated alkanes) is 1. The van der Waals surface area contributed by atoms with E-state index in [4.69, 9.17) is 4.74 Å². The summed E-state index contributed by atoms with van der Waals surface area (Å²) in [6.07, 6.45) is 13.9. The maximum Gasteiger partial charge on any atom is 0.315 e. The number of fused-ring (bicyclic) bond motifs is 6. The second-order valence-electron chi connectivity index (χ2n) is 12.9. The van der Waals surface area contributed by atoms with Crippen molar-refractivity contribution in [1.82, 2.24) is 10.6 Å². The molecule has 0 radical (unpaired) electrons. The fourth-order valence-electron chi connectivity index (χ4n) is 9.18. The first kappa shape index (κ1) is 24.8. The van der Waals surface area contributed by atoms with Crippen LogP contribution in [0.15, 0.2) is 11.6 Å². The Morgan fingerprint density at radius 3 is 2.78 bits per heavy atom. The topological polar surface area (TPSA) is 84.5 Å². The third-order valence-corrected chi connectivity index (χ3v) is 12.7. The zero-order valence-electron chi connectivity index (χ0n) is 21.9. The number of ketones is 1. The van der Waals surface area contributed by atoms with E-state index < -0.39 is 0 Å². The number of rotatable bonds is 6. The SMILES string of the molecule is C[C@]12CC[C@H]3[C@@H](CCC4=CC(=O)CC[C@@]43C)[C@@H]1CC[C@@H]2OC(=O)CCCC[C@@H]1SC[C@@H]2NC(=O)N[C@@H]21. The molecule has 5 fully saturated rings. The van der Waals surface area contributed by atoms with Crippen LogP contribution < -0.4 is 10.6 Å². The molecule has 9 atom stereocenters. The molecule has 2 saturated heterocycles. The molecule has 0 unspecified atom stereocenters. The number of urea groups is 1. The van der Waals surface area contributed by atoms with Crippen molar-refractivity contribution in [3.8, 4) is 0 Å². The Balaban J connectivity index is 1.01. The Morgan fingerprint density at radius 2 is 1.92 bits per heavy atom. The molecule has 2 aliphatic heterocycles. The quantitative estimate of drug-likeness (QED) is 0.291. The van der Waals surface area contributed by atoms with Crippen molar-refractivity contribution < 1.29 is 19.1 Å². The number of carbonyl (C=O) groups is 3. The number of thioether (sulfide) groups is 1. The molecular formula is C29H42N2O4S. The fraction of sp³-hybridized carbons (Fsp3) is 0.828. The molecule has 0 aromatic heterocycles. The van der Waals surface area contributed by atoms with Gasteiger partial charge in [-0.05, 0) is 87.0 Å². The van der Waals surface area contributed by atoms with Crippen molar-refractivity contribution in [2.75, 3.05) is 5.75 Å². The van der Waals surface area contributed by atoms with Crippen LogP contribution in [0.25, 0.3) is 0 Å². The normalized spacial score (nSPS) is 45.1. The van der Waals surface area contributed by atoms with Crippen LogP contribution in [0.5, 0.6) is 0 Å². The number of allylic oxidation sites excluding steroid dienone is 1. The van der Waals surface area contributed by atoms with E-state index in [1.165, 1.54) is 24.8 Å². The van der Waals surface area contributed by atoms with Crippen LogP contribution in [0.1, 0.15) is 90.9 Å². The van der Waals surface area contributed by atoms with Gasteiger partial charge in [-0.15, -0.1) is 0 Å². The molecule has 0 bridgehead atoms. The van der Waals surface area contributed by atoms with E-state index >= 15 is 0 Å². The summed E-state index contributed by atoms with van der Waals surface area (Å²) in [5.74, 6) is 3.28. The van der Waals surface area contributed by atoms with Crippen LogP contribution in [0.3, 0.4) is 0 Å². The number of nitrogens with one attached hydrogen (secondary N) is 2. The molecule has 36 heavy (non-hydrogen) atoms. The van der Waals surface area contributed by atoms with Gasteiger partial charge in [-0.3, -0.25) is 9.59 Å². The lowest BCUT2D eigenvalue weighted by Gasteiger charge is -2.57. The van der Waals surface area contributed by atoms with Gasteiger partial charge in [-0.25, -0.2) is 4.79 Å². The van der Waals surface area contributed by atoms with Gasteiger partial charge >= 0.3 is 12.0 Å². The molecular weight excluding hydrogens is 472 g/mol. The molecule has 3 saturated carbocycles. The lowest BCUT2D eigenvalue weighted by Crippen LogP contribution is -2.51. The summed E-state index contributed by atoms with van der Waals surface area (Å²) in [4.78, 5) is 36.5. The van der Waals surface area contributed by atoms with Crippen LogP contribution in [0.4, 0.5) is 4.79 Å². The second-order valence-corrected chi connectivity index (χ2v) is 14.2. The summed E-state index contributed by atoms with van der Waals surface area (Å²) in [6, 6.07) is 0.464. The number of hydrogen-bond acceptors (Lipinski definition) is 5. The number of esters is 1. The summed E-state index contributed by atoms with van der Waals surface area (Å²) < 4.78 is 6.20. The highest BCUT2D eigenvalue weighted by Crippen LogP contribution is 2.65. The highest BCUT2D eigenvalue weighted by atomic mass is 32.2. The Kier molecular flexibility index (Phi) is 6.45. The molecule has 6 nitrogen and oxygen atoms in total. The Hall–Kier alpha value is -1.50. The Labute approximate surface area is 219 Å². The van der Waals surface area contributed by atoms with E-state index in [2.05, 4.69) is 24.5 Å². The molecule has 6 rings (SSSR count). The van der Waals surface area contributed by atoms with Crippen molar-refractivity contribution >= 4 is 29.5 Å². The summed E-state index contributed by atoms with van der Waals surface area (Å²) in [6.45, 7) is 4.83. The molecule has 4 aliphatic carbocycles. The van der Waals surface area contributed by atoms with Crippen molar-refractivity contribution in [2.45, 2.75) is 114 Å². The number of ether oxygens (including phenoxy) is 1. The summed E-state index contributed by atoms with van der Waals surface area (Å²) in [5, 5.41) is 6.50. The van der Waals surface area contributed by atoms with E-state index in [1.54, 1.807) is 0 Å². The molecule has 6 aliphatic rings. The Morgan fingerprint density at radius 1 is 1.06 bits per heavy atom. The first-order chi connectivity index (χ1) is 17.3. The standard InChI is InChI=1S/C29H42N2O4S/c1-28-13-11-18(32)15-17(28)7-8-19-20-9-10-24(29(20,2)14-12-21(19)28)35-25(33)6-4-3-5-23-26-22(16-36-23)30-27(34)31-26/h15,19-24,26H,3-14,16H2,1-2H3,(H2,30,31,34)/t19-,20-,21-,22-,23-,24-,26-,28-,29-/m0/s1. The van der Waals surface area contributed by atoms with E-state index in [0.29, 0.717) is 41.6 Å². The largest absolute Gasteiger partial charge is 0.462 e. The van der Waals surface area contributed by atoms with Gasteiger partial charge in [0.25, 0.3) is 0 Å². The molecule has 198 valence electrons. The van der Waals surface area contributed by atoms with Gasteiger partial charge in [-0.2, -0.15) is 11.8 Å². The third-order valence-electron chi connectivity index (χ3n) is 11.2. The zero-order chi connectivity index (χ0) is 25.1. The van der Waals surface area contributed by atoms with Crippen molar-refractivity contribution in [2.24, 2.45) is 28.6 Å². The highest BCUT2D eigenvalue weighted by Gasteiger charge is 2.60. The van der Waals surface area contributed by atoms with Gasteiger partial charge in [0.2, 0.25) is 0 Å².